The molecule has 150 valence electrons. The number of phenolic OH excluding ortho intramolecular Hbond substituents is 1. The molecule has 0 heterocycles. The Bertz CT molecular complexity index is 913. The first-order valence-corrected chi connectivity index (χ1v) is 11.1. The second kappa shape index (κ2) is 9.21. The van der Waals surface area contributed by atoms with E-state index >= 15 is 0 Å². The van der Waals surface area contributed by atoms with Gasteiger partial charge in [0.15, 0.2) is 11.5 Å². The quantitative estimate of drug-likeness (QED) is 0.696. The summed E-state index contributed by atoms with van der Waals surface area (Å²) in [6, 6.07) is 13.9. The highest BCUT2D eigenvalue weighted by molar-refractivity contribution is 7.88. The van der Waals surface area contributed by atoms with Crippen LogP contribution in [-0.4, -0.2) is 38.9 Å². The van der Waals surface area contributed by atoms with Crippen LogP contribution in [0.25, 0.3) is 0 Å². The SMILES string of the molecule is COc1cccc(C=N[C@@H]2CCCC[C@H]2NS(=O)(=O)Cc2ccccc2)c1O. The molecule has 1 aliphatic carbocycles. The molecule has 0 amide bonds. The molecule has 2 atom stereocenters. The molecule has 0 radical (unpaired) electrons. The molecule has 0 bridgehead atoms. The number of ether oxygens (including phenoxy) is 1. The standard InChI is InChI=1S/C21H26N2O4S/c1-27-20-13-7-10-17(21(20)24)14-22-18-11-5-6-12-19(18)23-28(25,26)15-16-8-3-2-4-9-16/h2-4,7-10,13-14,18-19,23-24H,5-6,11-12,15H2,1H3/t18-,19-/m1/s1. The lowest BCUT2D eigenvalue weighted by molar-refractivity contribution is 0.363. The first-order chi connectivity index (χ1) is 13.5. The van der Waals surface area contributed by atoms with Crippen molar-refractivity contribution in [3.05, 3.63) is 59.7 Å². The lowest BCUT2D eigenvalue weighted by Crippen LogP contribution is -2.44. The van der Waals surface area contributed by atoms with Crippen LogP contribution in [0.5, 0.6) is 11.5 Å². The molecule has 28 heavy (non-hydrogen) atoms. The van der Waals surface area contributed by atoms with E-state index in [0.29, 0.717) is 11.3 Å². The second-order valence-electron chi connectivity index (χ2n) is 7.00. The average Bonchev–Trinajstić information content (AvgIpc) is 2.68. The van der Waals surface area contributed by atoms with Crippen molar-refractivity contribution in [3.63, 3.8) is 0 Å². The zero-order valence-electron chi connectivity index (χ0n) is 15.9. The number of rotatable bonds is 7. The Hall–Kier alpha value is -2.38. The van der Waals surface area contributed by atoms with Crippen LogP contribution in [0.3, 0.4) is 0 Å². The van der Waals surface area contributed by atoms with Gasteiger partial charge < -0.3 is 9.84 Å². The number of benzene rings is 2. The lowest BCUT2D eigenvalue weighted by atomic mass is 9.91. The number of phenols is 1. The molecule has 2 N–H and O–H groups in total. The molecule has 0 unspecified atom stereocenters. The Kier molecular flexibility index (Phi) is 6.70. The molecule has 2 aromatic carbocycles. The molecule has 7 heteroatoms. The van der Waals surface area contributed by atoms with Gasteiger partial charge in [-0.05, 0) is 30.5 Å². The fraction of sp³-hybridized carbons (Fsp3) is 0.381. The summed E-state index contributed by atoms with van der Waals surface area (Å²) in [6.45, 7) is 0. The molecule has 6 nitrogen and oxygen atoms in total. The van der Waals surface area contributed by atoms with Crippen molar-refractivity contribution in [3.8, 4) is 11.5 Å². The van der Waals surface area contributed by atoms with E-state index in [-0.39, 0.29) is 23.6 Å². The number of para-hydroxylation sites is 1. The minimum Gasteiger partial charge on any atom is -0.504 e. The van der Waals surface area contributed by atoms with Gasteiger partial charge in [0.05, 0.1) is 18.9 Å². The van der Waals surface area contributed by atoms with Gasteiger partial charge in [-0.15, -0.1) is 0 Å². The van der Waals surface area contributed by atoms with E-state index in [1.165, 1.54) is 7.11 Å². The average molecular weight is 403 g/mol. The van der Waals surface area contributed by atoms with Crippen molar-refractivity contribution in [2.75, 3.05) is 7.11 Å². The van der Waals surface area contributed by atoms with Crippen molar-refractivity contribution >= 4 is 16.2 Å². The van der Waals surface area contributed by atoms with Crippen LogP contribution in [0.2, 0.25) is 0 Å². The summed E-state index contributed by atoms with van der Waals surface area (Å²) in [6.07, 6.45) is 5.13. The molecule has 0 spiro atoms. The maximum absolute atomic E-state index is 12.6. The van der Waals surface area contributed by atoms with E-state index < -0.39 is 10.0 Å². The summed E-state index contributed by atoms with van der Waals surface area (Å²) >= 11 is 0. The predicted molar refractivity (Wildman–Crippen MR) is 110 cm³/mol. The molecule has 0 saturated heterocycles. The van der Waals surface area contributed by atoms with Crippen molar-refractivity contribution in [2.24, 2.45) is 4.99 Å². The van der Waals surface area contributed by atoms with Crippen LogP contribution in [0.1, 0.15) is 36.8 Å². The van der Waals surface area contributed by atoms with E-state index in [2.05, 4.69) is 9.71 Å². The largest absolute Gasteiger partial charge is 0.504 e. The van der Waals surface area contributed by atoms with Crippen molar-refractivity contribution in [1.82, 2.24) is 4.72 Å². The van der Waals surface area contributed by atoms with Gasteiger partial charge in [0.2, 0.25) is 10.0 Å². The number of nitrogens with zero attached hydrogens (tertiary/aromatic N) is 1. The normalized spacial score (nSPS) is 20.3. The third kappa shape index (κ3) is 5.33. The van der Waals surface area contributed by atoms with E-state index in [1.54, 1.807) is 36.5 Å². The lowest BCUT2D eigenvalue weighted by Gasteiger charge is -2.29. The van der Waals surface area contributed by atoms with E-state index in [1.807, 2.05) is 18.2 Å². The summed E-state index contributed by atoms with van der Waals surface area (Å²) in [5.74, 6) is 0.371. The summed E-state index contributed by atoms with van der Waals surface area (Å²) in [4.78, 5) is 4.59. The molecular formula is C21H26N2O4S. The molecule has 1 aliphatic rings. The summed E-state index contributed by atoms with van der Waals surface area (Å²) in [7, 11) is -1.97. The van der Waals surface area contributed by atoms with Gasteiger partial charge in [-0.25, -0.2) is 13.1 Å². The van der Waals surface area contributed by atoms with E-state index in [9.17, 15) is 13.5 Å². The second-order valence-corrected chi connectivity index (χ2v) is 8.75. The maximum Gasteiger partial charge on any atom is 0.216 e. The van der Waals surface area contributed by atoms with Crippen molar-refractivity contribution in [2.45, 2.75) is 43.5 Å². The zero-order chi connectivity index (χ0) is 20.0. The maximum atomic E-state index is 12.6. The fourth-order valence-electron chi connectivity index (χ4n) is 3.48. The highest BCUT2D eigenvalue weighted by atomic mass is 32.2. The Balaban J connectivity index is 1.72. The zero-order valence-corrected chi connectivity index (χ0v) is 16.7. The molecule has 1 saturated carbocycles. The van der Waals surface area contributed by atoms with E-state index in [4.69, 9.17) is 4.74 Å². The number of methoxy groups -OCH3 is 1. The topological polar surface area (TPSA) is 88.0 Å². The molecular weight excluding hydrogens is 376 g/mol. The Morgan fingerprint density at radius 1 is 1.14 bits per heavy atom. The van der Waals surface area contributed by atoms with Crippen LogP contribution >= 0.6 is 0 Å². The van der Waals surface area contributed by atoms with Crippen molar-refractivity contribution < 1.29 is 18.3 Å². The van der Waals surface area contributed by atoms with Gasteiger partial charge in [-0.3, -0.25) is 4.99 Å². The Labute approximate surface area is 166 Å². The highest BCUT2D eigenvalue weighted by Crippen LogP contribution is 2.29. The number of sulfonamides is 1. The van der Waals surface area contributed by atoms with Crippen LogP contribution in [-0.2, 0) is 15.8 Å². The predicted octanol–water partition coefficient (Wildman–Crippen LogP) is 3.25. The number of aliphatic imine (C=N–C) groups is 1. The number of hydrogen-bond donors (Lipinski definition) is 2. The minimum absolute atomic E-state index is 0.0331. The summed E-state index contributed by atoms with van der Waals surface area (Å²) in [5, 5.41) is 10.2. The summed E-state index contributed by atoms with van der Waals surface area (Å²) in [5.41, 5.74) is 1.31. The van der Waals surface area contributed by atoms with Gasteiger partial charge in [0, 0.05) is 17.8 Å². The third-order valence-corrected chi connectivity index (χ3v) is 6.29. The van der Waals surface area contributed by atoms with Gasteiger partial charge in [0.25, 0.3) is 0 Å². The van der Waals surface area contributed by atoms with Crippen LogP contribution in [0.4, 0.5) is 0 Å². The molecule has 0 aromatic heterocycles. The van der Waals surface area contributed by atoms with Gasteiger partial charge in [-0.1, -0.05) is 49.2 Å². The van der Waals surface area contributed by atoms with E-state index in [0.717, 1.165) is 31.2 Å². The monoisotopic (exact) mass is 402 g/mol. The van der Waals surface area contributed by atoms with Crippen molar-refractivity contribution in [1.29, 1.82) is 0 Å². The highest BCUT2D eigenvalue weighted by Gasteiger charge is 2.28. The molecule has 1 fully saturated rings. The third-order valence-electron chi connectivity index (χ3n) is 4.92. The number of hydrogen-bond acceptors (Lipinski definition) is 5. The number of aromatic hydroxyl groups is 1. The summed E-state index contributed by atoms with van der Waals surface area (Å²) < 4.78 is 33.2. The molecule has 3 rings (SSSR count). The number of nitrogens with one attached hydrogen (secondary N) is 1. The van der Waals surface area contributed by atoms with Crippen LogP contribution in [0, 0.1) is 0 Å². The Morgan fingerprint density at radius 2 is 1.89 bits per heavy atom. The fourth-order valence-corrected chi connectivity index (χ4v) is 4.93. The Morgan fingerprint density at radius 3 is 2.64 bits per heavy atom. The minimum atomic E-state index is -3.46. The van der Waals surface area contributed by atoms with Crippen LogP contribution in [0.15, 0.2) is 53.5 Å². The molecule has 0 aliphatic heterocycles. The van der Waals surface area contributed by atoms with Gasteiger partial charge in [0.1, 0.15) is 0 Å². The van der Waals surface area contributed by atoms with Gasteiger partial charge >= 0.3 is 0 Å². The first-order valence-electron chi connectivity index (χ1n) is 9.41. The van der Waals surface area contributed by atoms with Gasteiger partial charge in [-0.2, -0.15) is 0 Å². The van der Waals surface area contributed by atoms with Crippen LogP contribution < -0.4 is 9.46 Å². The smallest absolute Gasteiger partial charge is 0.216 e. The molecule has 2 aromatic rings. The first kappa shape index (κ1) is 20.4.